The summed E-state index contributed by atoms with van der Waals surface area (Å²) in [5.41, 5.74) is 2.42. The number of methoxy groups -OCH3 is 1. The minimum absolute atomic E-state index is 0.000201. The molecule has 0 bridgehead atoms. The normalized spacial score (nSPS) is 14.6. The molecule has 1 heterocycles. The molecule has 5 nitrogen and oxygen atoms in total. The van der Waals surface area contributed by atoms with E-state index in [1.807, 2.05) is 6.07 Å². The van der Waals surface area contributed by atoms with Gasteiger partial charge in [-0.25, -0.2) is 0 Å². The fourth-order valence-electron chi connectivity index (χ4n) is 3.29. The van der Waals surface area contributed by atoms with E-state index in [-0.39, 0.29) is 12.5 Å². The molecule has 0 unspecified atom stereocenters. The lowest BCUT2D eigenvalue weighted by Crippen LogP contribution is -2.29. The first-order valence-electron chi connectivity index (χ1n) is 9.56. The topological polar surface area (TPSA) is 50.8 Å². The molecule has 5 heteroatoms. The maximum atomic E-state index is 12.0. The van der Waals surface area contributed by atoms with Crippen LogP contribution in [0.25, 0.3) is 0 Å². The minimum atomic E-state index is -0.132. The number of hydrogen-bond donors (Lipinski definition) is 1. The van der Waals surface area contributed by atoms with Crippen molar-refractivity contribution in [1.82, 2.24) is 10.2 Å². The number of likely N-dealkylation sites (tertiary alicyclic amines) is 1. The molecule has 144 valence electrons. The Labute approximate surface area is 161 Å². The highest BCUT2D eigenvalue weighted by molar-refractivity contribution is 5.77. The van der Waals surface area contributed by atoms with Crippen molar-refractivity contribution < 1.29 is 14.3 Å². The summed E-state index contributed by atoms with van der Waals surface area (Å²) in [4.78, 5) is 14.5. The van der Waals surface area contributed by atoms with Gasteiger partial charge in [0.25, 0.3) is 5.91 Å². The van der Waals surface area contributed by atoms with Gasteiger partial charge in [0.15, 0.2) is 6.61 Å². The Morgan fingerprint density at radius 2 is 1.70 bits per heavy atom. The summed E-state index contributed by atoms with van der Waals surface area (Å²) in [6.07, 6.45) is 3.94. The molecule has 3 rings (SSSR count). The van der Waals surface area contributed by atoms with Crippen molar-refractivity contribution in [2.24, 2.45) is 0 Å². The Kier molecular flexibility index (Phi) is 7.11. The lowest BCUT2D eigenvalue weighted by atomic mass is 10.1. The zero-order valence-corrected chi connectivity index (χ0v) is 15.9. The number of nitrogens with one attached hydrogen (secondary N) is 1. The van der Waals surface area contributed by atoms with Gasteiger partial charge >= 0.3 is 0 Å². The van der Waals surface area contributed by atoms with Gasteiger partial charge in [-0.3, -0.25) is 9.69 Å². The summed E-state index contributed by atoms with van der Waals surface area (Å²) in [6.45, 7) is 3.87. The second-order valence-electron chi connectivity index (χ2n) is 6.90. The lowest BCUT2D eigenvalue weighted by Gasteiger charge is -2.26. The largest absolute Gasteiger partial charge is 0.497 e. The highest BCUT2D eigenvalue weighted by Gasteiger charge is 2.10. The van der Waals surface area contributed by atoms with Gasteiger partial charge in [0.2, 0.25) is 0 Å². The van der Waals surface area contributed by atoms with E-state index in [0.29, 0.717) is 12.3 Å². The van der Waals surface area contributed by atoms with Gasteiger partial charge < -0.3 is 14.8 Å². The van der Waals surface area contributed by atoms with E-state index < -0.39 is 0 Å². The molecular weight excluding hydrogens is 340 g/mol. The first-order chi connectivity index (χ1) is 13.2. The van der Waals surface area contributed by atoms with Crippen LogP contribution in [0.3, 0.4) is 0 Å². The average Bonchev–Trinajstić information content (AvgIpc) is 2.72. The van der Waals surface area contributed by atoms with Crippen LogP contribution in [-0.4, -0.2) is 37.6 Å². The van der Waals surface area contributed by atoms with Gasteiger partial charge in [0.1, 0.15) is 11.5 Å². The van der Waals surface area contributed by atoms with Gasteiger partial charge in [-0.05, 0) is 61.3 Å². The standard InChI is InChI=1S/C22H28N2O3/c1-26-20-8-10-21(11-9-20)27-17-22(25)23-15-18-6-5-7-19(14-18)16-24-12-3-2-4-13-24/h5-11,14H,2-4,12-13,15-17H2,1H3,(H,23,25). The summed E-state index contributed by atoms with van der Waals surface area (Å²) in [5, 5.41) is 2.92. The third-order valence-electron chi connectivity index (χ3n) is 4.77. The van der Waals surface area contributed by atoms with E-state index in [2.05, 4.69) is 28.4 Å². The lowest BCUT2D eigenvalue weighted by molar-refractivity contribution is -0.123. The number of amides is 1. The summed E-state index contributed by atoms with van der Waals surface area (Å²) in [6, 6.07) is 15.6. The fraction of sp³-hybridized carbons (Fsp3) is 0.409. The van der Waals surface area contributed by atoms with Crippen LogP contribution in [0.4, 0.5) is 0 Å². The third kappa shape index (κ3) is 6.29. The predicted molar refractivity (Wildman–Crippen MR) is 106 cm³/mol. The van der Waals surface area contributed by atoms with Crippen molar-refractivity contribution in [3.63, 3.8) is 0 Å². The van der Waals surface area contributed by atoms with Crippen molar-refractivity contribution in [2.45, 2.75) is 32.4 Å². The maximum Gasteiger partial charge on any atom is 0.258 e. The summed E-state index contributed by atoms with van der Waals surface area (Å²) >= 11 is 0. The van der Waals surface area contributed by atoms with Crippen LogP contribution in [0.5, 0.6) is 11.5 Å². The van der Waals surface area contributed by atoms with Gasteiger partial charge in [-0.2, -0.15) is 0 Å². The van der Waals surface area contributed by atoms with Crippen LogP contribution in [0, 0.1) is 0 Å². The van der Waals surface area contributed by atoms with E-state index in [9.17, 15) is 4.79 Å². The number of nitrogens with zero attached hydrogens (tertiary/aromatic N) is 1. The third-order valence-corrected chi connectivity index (χ3v) is 4.77. The van der Waals surface area contributed by atoms with E-state index in [1.165, 1.54) is 37.9 Å². The van der Waals surface area contributed by atoms with Crippen LogP contribution < -0.4 is 14.8 Å². The van der Waals surface area contributed by atoms with Crippen molar-refractivity contribution >= 4 is 5.91 Å². The Morgan fingerprint density at radius 1 is 1.00 bits per heavy atom. The highest BCUT2D eigenvalue weighted by Crippen LogP contribution is 2.17. The molecule has 1 fully saturated rings. The number of carbonyl (C=O) groups excluding carboxylic acids is 1. The van der Waals surface area contributed by atoms with Crippen molar-refractivity contribution in [1.29, 1.82) is 0 Å². The number of ether oxygens (including phenoxy) is 2. The number of hydrogen-bond acceptors (Lipinski definition) is 4. The summed E-state index contributed by atoms with van der Waals surface area (Å²) in [5.74, 6) is 1.28. The molecular formula is C22H28N2O3. The quantitative estimate of drug-likeness (QED) is 0.776. The zero-order valence-electron chi connectivity index (χ0n) is 15.9. The SMILES string of the molecule is COc1ccc(OCC(=O)NCc2cccc(CN3CCCCC3)c2)cc1. The van der Waals surface area contributed by atoms with Gasteiger partial charge in [-0.1, -0.05) is 30.7 Å². The van der Waals surface area contributed by atoms with Crippen molar-refractivity contribution in [2.75, 3.05) is 26.8 Å². The first kappa shape index (κ1) is 19.2. The second-order valence-corrected chi connectivity index (χ2v) is 6.90. The van der Waals surface area contributed by atoms with Crippen molar-refractivity contribution in [3.05, 3.63) is 59.7 Å². The number of piperidine rings is 1. The smallest absolute Gasteiger partial charge is 0.258 e. The first-order valence-corrected chi connectivity index (χ1v) is 9.56. The number of rotatable bonds is 8. The summed E-state index contributed by atoms with van der Waals surface area (Å²) in [7, 11) is 1.62. The van der Waals surface area contributed by atoms with Crippen LogP contribution in [-0.2, 0) is 17.9 Å². The molecule has 2 aromatic carbocycles. The highest BCUT2D eigenvalue weighted by atomic mass is 16.5. The van der Waals surface area contributed by atoms with Gasteiger partial charge in [0.05, 0.1) is 7.11 Å². The fourth-order valence-corrected chi connectivity index (χ4v) is 3.29. The Bertz CT molecular complexity index is 725. The number of benzene rings is 2. The Hall–Kier alpha value is -2.53. The van der Waals surface area contributed by atoms with E-state index in [4.69, 9.17) is 9.47 Å². The molecule has 1 aliphatic rings. The molecule has 27 heavy (non-hydrogen) atoms. The molecule has 0 spiro atoms. The molecule has 0 radical (unpaired) electrons. The molecule has 1 amide bonds. The van der Waals surface area contributed by atoms with Gasteiger partial charge in [0, 0.05) is 13.1 Å². The van der Waals surface area contributed by atoms with Crippen LogP contribution in [0.2, 0.25) is 0 Å². The molecule has 1 N–H and O–H groups in total. The Balaban J connectivity index is 1.43. The van der Waals surface area contributed by atoms with Crippen LogP contribution >= 0.6 is 0 Å². The molecule has 0 aliphatic carbocycles. The molecule has 0 atom stereocenters. The van der Waals surface area contributed by atoms with Crippen LogP contribution in [0.1, 0.15) is 30.4 Å². The van der Waals surface area contributed by atoms with E-state index >= 15 is 0 Å². The summed E-state index contributed by atoms with van der Waals surface area (Å²) < 4.78 is 10.6. The van der Waals surface area contributed by atoms with E-state index in [1.54, 1.807) is 31.4 Å². The van der Waals surface area contributed by atoms with E-state index in [0.717, 1.165) is 17.9 Å². The molecule has 0 aromatic heterocycles. The van der Waals surface area contributed by atoms with Gasteiger partial charge in [-0.15, -0.1) is 0 Å². The Morgan fingerprint density at radius 3 is 2.44 bits per heavy atom. The van der Waals surface area contributed by atoms with Crippen LogP contribution in [0.15, 0.2) is 48.5 Å². The predicted octanol–water partition coefficient (Wildman–Crippen LogP) is 3.38. The average molecular weight is 368 g/mol. The monoisotopic (exact) mass is 368 g/mol. The zero-order chi connectivity index (χ0) is 18.9. The second kappa shape index (κ2) is 9.97. The molecule has 1 aliphatic heterocycles. The maximum absolute atomic E-state index is 12.0. The van der Waals surface area contributed by atoms with Crippen molar-refractivity contribution in [3.8, 4) is 11.5 Å². The molecule has 1 saturated heterocycles. The minimum Gasteiger partial charge on any atom is -0.497 e. The molecule has 2 aromatic rings. The molecule has 0 saturated carbocycles. The number of carbonyl (C=O) groups is 1.